The fourth-order valence-electron chi connectivity index (χ4n) is 2.29. The van der Waals surface area contributed by atoms with E-state index in [1.165, 1.54) is 0 Å². The van der Waals surface area contributed by atoms with Crippen molar-refractivity contribution in [2.45, 2.75) is 18.9 Å². The number of rotatable bonds is 3. The molecule has 0 unspecified atom stereocenters. The Morgan fingerprint density at radius 2 is 2.24 bits per heavy atom. The van der Waals surface area contributed by atoms with Crippen LogP contribution in [-0.4, -0.2) is 22.8 Å². The molecule has 17 heavy (non-hydrogen) atoms. The van der Waals surface area contributed by atoms with Crippen molar-refractivity contribution in [3.05, 3.63) is 30.0 Å². The molecule has 0 saturated heterocycles. The fourth-order valence-corrected chi connectivity index (χ4v) is 2.29. The van der Waals surface area contributed by atoms with E-state index in [1.807, 2.05) is 22.8 Å². The van der Waals surface area contributed by atoms with Gasteiger partial charge in [-0.3, -0.25) is 0 Å². The number of aromatic nitrogens is 1. The first-order valence-electron chi connectivity index (χ1n) is 5.63. The highest BCUT2D eigenvalue weighted by Gasteiger charge is 2.29. The SMILES string of the molecule is COc1cccc2c1cc(C(=O)O)n2C1CC1. The minimum atomic E-state index is -0.879. The zero-order valence-corrected chi connectivity index (χ0v) is 9.51. The van der Waals surface area contributed by atoms with Crippen molar-refractivity contribution in [3.63, 3.8) is 0 Å². The largest absolute Gasteiger partial charge is 0.496 e. The maximum absolute atomic E-state index is 11.3. The van der Waals surface area contributed by atoms with Crippen LogP contribution in [0.4, 0.5) is 0 Å². The number of carboxylic acids is 1. The van der Waals surface area contributed by atoms with Crippen LogP contribution in [-0.2, 0) is 0 Å². The van der Waals surface area contributed by atoms with E-state index in [0.29, 0.717) is 11.7 Å². The summed E-state index contributed by atoms with van der Waals surface area (Å²) >= 11 is 0. The normalized spacial score (nSPS) is 15.1. The molecule has 4 heteroatoms. The quantitative estimate of drug-likeness (QED) is 0.883. The topological polar surface area (TPSA) is 51.5 Å². The maximum Gasteiger partial charge on any atom is 0.352 e. The molecule has 88 valence electrons. The van der Waals surface area contributed by atoms with Crippen LogP contribution < -0.4 is 4.74 Å². The molecule has 1 aliphatic carbocycles. The number of hydrogen-bond acceptors (Lipinski definition) is 2. The van der Waals surface area contributed by atoms with E-state index in [-0.39, 0.29) is 0 Å². The summed E-state index contributed by atoms with van der Waals surface area (Å²) in [6.45, 7) is 0. The Kier molecular flexibility index (Phi) is 2.11. The number of methoxy groups -OCH3 is 1. The number of nitrogens with zero attached hydrogens (tertiary/aromatic N) is 1. The van der Waals surface area contributed by atoms with Gasteiger partial charge >= 0.3 is 5.97 Å². The predicted octanol–water partition coefficient (Wildman–Crippen LogP) is 2.68. The van der Waals surface area contributed by atoms with Gasteiger partial charge in [-0.1, -0.05) is 6.07 Å². The first kappa shape index (κ1) is 10.2. The maximum atomic E-state index is 11.3. The van der Waals surface area contributed by atoms with Gasteiger partial charge in [0, 0.05) is 11.4 Å². The molecule has 1 aliphatic rings. The summed E-state index contributed by atoms with van der Waals surface area (Å²) < 4.78 is 7.19. The molecule has 3 rings (SSSR count). The van der Waals surface area contributed by atoms with Crippen molar-refractivity contribution in [2.75, 3.05) is 7.11 Å². The van der Waals surface area contributed by atoms with Gasteiger partial charge < -0.3 is 14.4 Å². The van der Waals surface area contributed by atoms with Gasteiger partial charge in [0.25, 0.3) is 0 Å². The van der Waals surface area contributed by atoms with Crippen molar-refractivity contribution in [1.82, 2.24) is 4.57 Å². The second-order valence-corrected chi connectivity index (χ2v) is 4.33. The molecular formula is C13H13NO3. The first-order valence-corrected chi connectivity index (χ1v) is 5.63. The third kappa shape index (κ3) is 1.48. The van der Waals surface area contributed by atoms with Crippen LogP contribution in [0.15, 0.2) is 24.3 Å². The van der Waals surface area contributed by atoms with Crippen LogP contribution >= 0.6 is 0 Å². The van der Waals surface area contributed by atoms with Crippen molar-refractivity contribution in [3.8, 4) is 5.75 Å². The molecule has 1 fully saturated rings. The van der Waals surface area contributed by atoms with Crippen LogP contribution in [0.25, 0.3) is 10.9 Å². The lowest BCUT2D eigenvalue weighted by atomic mass is 10.2. The van der Waals surface area contributed by atoms with Gasteiger partial charge in [0.15, 0.2) is 0 Å². The summed E-state index contributed by atoms with van der Waals surface area (Å²) in [5.41, 5.74) is 1.30. The number of aromatic carboxylic acids is 1. The molecule has 0 amide bonds. The second-order valence-electron chi connectivity index (χ2n) is 4.33. The molecule has 2 aromatic rings. The number of carbonyl (C=O) groups is 1. The summed E-state index contributed by atoms with van der Waals surface area (Å²) in [5.74, 6) is -0.153. The van der Waals surface area contributed by atoms with Gasteiger partial charge in [-0.2, -0.15) is 0 Å². The standard InChI is InChI=1S/C13H13NO3/c1-17-12-4-2-3-10-9(12)7-11(13(15)16)14(10)8-5-6-8/h2-4,7-8H,5-6H2,1H3,(H,15,16). The van der Waals surface area contributed by atoms with Crippen LogP contribution in [0.3, 0.4) is 0 Å². The number of carboxylic acid groups (broad SMARTS) is 1. The summed E-state index contributed by atoms with van der Waals surface area (Å²) in [6.07, 6.45) is 2.11. The van der Waals surface area contributed by atoms with E-state index in [1.54, 1.807) is 13.2 Å². The lowest BCUT2D eigenvalue weighted by molar-refractivity contribution is 0.0685. The highest BCUT2D eigenvalue weighted by molar-refractivity contribution is 5.97. The zero-order chi connectivity index (χ0) is 12.0. The summed E-state index contributed by atoms with van der Waals surface area (Å²) in [6, 6.07) is 7.74. The monoisotopic (exact) mass is 231 g/mol. The number of benzene rings is 1. The van der Waals surface area contributed by atoms with Gasteiger partial charge in [0.1, 0.15) is 11.4 Å². The van der Waals surface area contributed by atoms with Crippen LogP contribution in [0.2, 0.25) is 0 Å². The van der Waals surface area contributed by atoms with E-state index in [0.717, 1.165) is 29.5 Å². The highest BCUT2D eigenvalue weighted by Crippen LogP contribution is 2.41. The smallest absolute Gasteiger partial charge is 0.352 e. The molecular weight excluding hydrogens is 218 g/mol. The van der Waals surface area contributed by atoms with Gasteiger partial charge in [-0.05, 0) is 31.0 Å². The number of ether oxygens (including phenoxy) is 1. The van der Waals surface area contributed by atoms with Gasteiger partial charge in [0.05, 0.1) is 12.6 Å². The third-order valence-corrected chi connectivity index (χ3v) is 3.19. The van der Waals surface area contributed by atoms with Gasteiger partial charge in [0.2, 0.25) is 0 Å². The lowest BCUT2D eigenvalue weighted by Crippen LogP contribution is -2.06. The van der Waals surface area contributed by atoms with Crippen LogP contribution in [0.1, 0.15) is 29.4 Å². The highest BCUT2D eigenvalue weighted by atomic mass is 16.5. The molecule has 1 heterocycles. The second kappa shape index (κ2) is 3.52. The van der Waals surface area contributed by atoms with Crippen molar-refractivity contribution >= 4 is 16.9 Å². The molecule has 0 spiro atoms. The third-order valence-electron chi connectivity index (χ3n) is 3.19. The predicted molar refractivity (Wildman–Crippen MR) is 63.7 cm³/mol. The fraction of sp³-hybridized carbons (Fsp3) is 0.308. The Morgan fingerprint density at radius 1 is 1.47 bits per heavy atom. The molecule has 1 aromatic carbocycles. The van der Waals surface area contributed by atoms with E-state index >= 15 is 0 Å². The van der Waals surface area contributed by atoms with Crippen LogP contribution in [0.5, 0.6) is 5.75 Å². The summed E-state index contributed by atoms with van der Waals surface area (Å²) in [5, 5.41) is 10.1. The zero-order valence-electron chi connectivity index (χ0n) is 9.51. The Balaban J connectivity index is 2.33. The molecule has 1 N–H and O–H groups in total. The van der Waals surface area contributed by atoms with E-state index in [4.69, 9.17) is 4.74 Å². The molecule has 1 aromatic heterocycles. The van der Waals surface area contributed by atoms with Crippen molar-refractivity contribution < 1.29 is 14.6 Å². The van der Waals surface area contributed by atoms with E-state index < -0.39 is 5.97 Å². The van der Waals surface area contributed by atoms with E-state index in [2.05, 4.69) is 0 Å². The minimum Gasteiger partial charge on any atom is -0.496 e. The number of fused-ring (bicyclic) bond motifs is 1. The Hall–Kier alpha value is -1.97. The molecule has 0 atom stereocenters. The summed E-state index contributed by atoms with van der Waals surface area (Å²) in [4.78, 5) is 11.3. The average Bonchev–Trinajstić information content (AvgIpc) is 3.08. The molecule has 1 saturated carbocycles. The Bertz CT molecular complexity index is 596. The van der Waals surface area contributed by atoms with Crippen molar-refractivity contribution in [2.24, 2.45) is 0 Å². The molecule has 0 radical (unpaired) electrons. The van der Waals surface area contributed by atoms with E-state index in [9.17, 15) is 9.90 Å². The average molecular weight is 231 g/mol. The van der Waals surface area contributed by atoms with Crippen LogP contribution in [0, 0.1) is 0 Å². The van der Waals surface area contributed by atoms with Gasteiger partial charge in [-0.25, -0.2) is 4.79 Å². The molecule has 4 nitrogen and oxygen atoms in total. The minimum absolute atomic E-state index is 0.339. The number of hydrogen-bond donors (Lipinski definition) is 1. The molecule has 0 aliphatic heterocycles. The lowest BCUT2D eigenvalue weighted by Gasteiger charge is -2.06. The Labute approximate surface area is 98.4 Å². The van der Waals surface area contributed by atoms with Crippen molar-refractivity contribution in [1.29, 1.82) is 0 Å². The summed E-state index contributed by atoms with van der Waals surface area (Å²) in [7, 11) is 1.60. The van der Waals surface area contributed by atoms with Gasteiger partial charge in [-0.15, -0.1) is 0 Å². The molecule has 0 bridgehead atoms. The Morgan fingerprint density at radius 3 is 2.82 bits per heavy atom. The first-order chi connectivity index (χ1) is 8.22.